The first-order valence-electron chi connectivity index (χ1n) is 3.95. The predicted octanol–water partition coefficient (Wildman–Crippen LogP) is 1.78. The topological polar surface area (TPSA) is 38.7 Å². The molecule has 0 heterocycles. The quantitative estimate of drug-likeness (QED) is 0.784. The number of hydrogen-bond donors (Lipinski definition) is 1. The van der Waals surface area contributed by atoms with Crippen LogP contribution in [-0.2, 0) is 7.80 Å². The summed E-state index contributed by atoms with van der Waals surface area (Å²) >= 11 is 1.76. The van der Waals surface area contributed by atoms with E-state index in [-0.39, 0.29) is 5.41 Å². The van der Waals surface area contributed by atoms with Crippen LogP contribution in [0.1, 0.15) is 20.8 Å². The third-order valence-corrected chi connectivity index (χ3v) is 1.46. The summed E-state index contributed by atoms with van der Waals surface area (Å²) < 4.78 is 10.0. The van der Waals surface area contributed by atoms with E-state index in [0.717, 1.165) is 0 Å². The Morgan fingerprint density at radius 3 is 2.33 bits per heavy atom. The van der Waals surface area contributed by atoms with Crippen LogP contribution in [-0.4, -0.2) is 31.0 Å². The van der Waals surface area contributed by atoms with Crippen LogP contribution in [0.4, 0.5) is 0 Å². The lowest BCUT2D eigenvalue weighted by Crippen LogP contribution is -2.23. The Morgan fingerprint density at radius 2 is 1.92 bits per heavy atom. The largest absolute Gasteiger partial charge is 0.388 e. The Balaban J connectivity index is 3.31. The zero-order valence-electron chi connectivity index (χ0n) is 7.84. The molecule has 0 fully saturated rings. The molecule has 1 N–H and O–H groups in total. The molecule has 0 rings (SSSR count). The van der Waals surface area contributed by atoms with Crippen LogP contribution in [0, 0.1) is 5.41 Å². The van der Waals surface area contributed by atoms with Gasteiger partial charge in [0.1, 0.15) is 29.1 Å². The summed E-state index contributed by atoms with van der Waals surface area (Å²) in [6.45, 7) is 7.60. The van der Waals surface area contributed by atoms with Gasteiger partial charge in [-0.25, -0.2) is 0 Å². The highest BCUT2D eigenvalue weighted by molar-refractivity contribution is 14.1. The van der Waals surface area contributed by atoms with Gasteiger partial charge in [0.2, 0.25) is 0 Å². The fraction of sp³-hybridized carbons (Fsp3) is 1.00. The van der Waals surface area contributed by atoms with Gasteiger partial charge in [0.05, 0.1) is 19.8 Å². The SMILES string of the molecule is CC(C)(C)COCC(O)COI. The fourth-order valence-corrected chi connectivity index (χ4v) is 1.04. The molecule has 0 aliphatic heterocycles. The van der Waals surface area contributed by atoms with Crippen molar-refractivity contribution in [1.29, 1.82) is 0 Å². The molecule has 0 saturated heterocycles. The Bertz CT molecular complexity index is 111. The molecule has 4 heteroatoms. The van der Waals surface area contributed by atoms with E-state index in [0.29, 0.717) is 19.8 Å². The minimum atomic E-state index is -0.510. The van der Waals surface area contributed by atoms with Crippen LogP contribution in [0.15, 0.2) is 0 Å². The van der Waals surface area contributed by atoms with E-state index in [9.17, 15) is 5.11 Å². The minimum absolute atomic E-state index is 0.158. The second-order valence-electron chi connectivity index (χ2n) is 4.01. The van der Waals surface area contributed by atoms with Gasteiger partial charge in [-0.3, -0.25) is 0 Å². The molecule has 12 heavy (non-hydrogen) atoms. The van der Waals surface area contributed by atoms with Crippen molar-refractivity contribution in [1.82, 2.24) is 0 Å². The number of rotatable bonds is 5. The third-order valence-electron chi connectivity index (χ3n) is 1.10. The molecule has 0 aliphatic rings. The summed E-state index contributed by atoms with van der Waals surface area (Å²) in [6, 6.07) is 0. The molecule has 0 aromatic rings. The van der Waals surface area contributed by atoms with Gasteiger partial charge in [0.25, 0.3) is 0 Å². The van der Waals surface area contributed by atoms with Gasteiger partial charge in [0, 0.05) is 0 Å². The molecular weight excluding hydrogens is 271 g/mol. The lowest BCUT2D eigenvalue weighted by atomic mass is 9.99. The molecule has 3 nitrogen and oxygen atoms in total. The number of aliphatic hydroxyl groups is 1. The van der Waals surface area contributed by atoms with E-state index in [1.165, 1.54) is 0 Å². The third kappa shape index (κ3) is 8.70. The molecule has 1 atom stereocenters. The lowest BCUT2D eigenvalue weighted by molar-refractivity contribution is -0.00500. The van der Waals surface area contributed by atoms with Crippen molar-refractivity contribution in [3.05, 3.63) is 0 Å². The van der Waals surface area contributed by atoms with Gasteiger partial charge < -0.3 is 12.9 Å². The zero-order valence-corrected chi connectivity index (χ0v) is 10.00. The summed E-state index contributed by atoms with van der Waals surface area (Å²) in [6.07, 6.45) is -0.510. The van der Waals surface area contributed by atoms with E-state index >= 15 is 0 Å². The molecule has 0 radical (unpaired) electrons. The van der Waals surface area contributed by atoms with Crippen molar-refractivity contribution < 1.29 is 12.9 Å². The maximum Gasteiger partial charge on any atom is 0.109 e. The highest BCUT2D eigenvalue weighted by Gasteiger charge is 2.11. The smallest absolute Gasteiger partial charge is 0.109 e. The van der Waals surface area contributed by atoms with Crippen LogP contribution in [0.3, 0.4) is 0 Å². The van der Waals surface area contributed by atoms with Gasteiger partial charge in [-0.15, -0.1) is 0 Å². The van der Waals surface area contributed by atoms with Crippen LogP contribution in [0.2, 0.25) is 0 Å². The standard InChI is InChI=1S/C8H17IO3/c1-8(2,3)6-11-4-7(10)5-12-9/h7,10H,4-6H2,1-3H3. The van der Waals surface area contributed by atoms with Crippen molar-refractivity contribution in [3.8, 4) is 0 Å². The lowest BCUT2D eigenvalue weighted by Gasteiger charge is -2.19. The van der Waals surface area contributed by atoms with Gasteiger partial charge in [-0.2, -0.15) is 0 Å². The summed E-state index contributed by atoms with van der Waals surface area (Å²) in [7, 11) is 0. The zero-order chi connectivity index (χ0) is 9.61. The number of aliphatic hydroxyl groups excluding tert-OH is 1. The second kappa shape index (κ2) is 6.12. The van der Waals surface area contributed by atoms with Crippen molar-refractivity contribution >= 4 is 23.0 Å². The minimum Gasteiger partial charge on any atom is -0.388 e. The summed E-state index contributed by atoms with van der Waals surface area (Å²) in [5, 5.41) is 9.19. The van der Waals surface area contributed by atoms with E-state index in [2.05, 4.69) is 20.8 Å². The van der Waals surface area contributed by atoms with Crippen molar-refractivity contribution in [2.75, 3.05) is 19.8 Å². The first kappa shape index (κ1) is 12.6. The second-order valence-corrected chi connectivity index (χ2v) is 4.63. The number of ether oxygens (including phenoxy) is 1. The van der Waals surface area contributed by atoms with Gasteiger partial charge >= 0.3 is 0 Å². The van der Waals surface area contributed by atoms with Crippen LogP contribution in [0.5, 0.6) is 0 Å². The van der Waals surface area contributed by atoms with Crippen LogP contribution >= 0.6 is 23.0 Å². The van der Waals surface area contributed by atoms with Crippen molar-refractivity contribution in [3.63, 3.8) is 0 Å². The van der Waals surface area contributed by atoms with Crippen molar-refractivity contribution in [2.45, 2.75) is 26.9 Å². The number of hydrogen-bond acceptors (Lipinski definition) is 3. The monoisotopic (exact) mass is 288 g/mol. The number of halogens is 1. The molecule has 0 aromatic heterocycles. The maximum atomic E-state index is 9.19. The van der Waals surface area contributed by atoms with E-state index in [1.807, 2.05) is 0 Å². The Morgan fingerprint density at radius 1 is 1.33 bits per heavy atom. The molecular formula is C8H17IO3. The normalized spacial score (nSPS) is 14.8. The Kier molecular flexibility index (Phi) is 6.43. The highest BCUT2D eigenvalue weighted by Crippen LogP contribution is 2.12. The average Bonchev–Trinajstić information content (AvgIpc) is 1.84. The molecule has 0 amide bonds. The summed E-state index contributed by atoms with van der Waals surface area (Å²) in [4.78, 5) is 0. The maximum absolute atomic E-state index is 9.19. The Hall–Kier alpha value is 0.610. The molecule has 0 spiro atoms. The molecule has 0 aliphatic carbocycles. The first-order valence-corrected chi connectivity index (χ1v) is 4.83. The first-order chi connectivity index (χ1) is 5.45. The van der Waals surface area contributed by atoms with Gasteiger partial charge in [-0.05, 0) is 5.41 Å². The van der Waals surface area contributed by atoms with Crippen molar-refractivity contribution in [2.24, 2.45) is 5.41 Å². The predicted molar refractivity (Wildman–Crippen MR) is 56.3 cm³/mol. The van der Waals surface area contributed by atoms with E-state index in [4.69, 9.17) is 7.80 Å². The molecule has 0 bridgehead atoms. The van der Waals surface area contributed by atoms with E-state index in [1.54, 1.807) is 23.0 Å². The van der Waals surface area contributed by atoms with Gasteiger partial charge in [0.15, 0.2) is 0 Å². The molecule has 1 unspecified atom stereocenters. The fourth-order valence-electron chi connectivity index (χ4n) is 0.622. The molecule has 0 saturated carbocycles. The van der Waals surface area contributed by atoms with E-state index < -0.39 is 6.10 Å². The van der Waals surface area contributed by atoms with Crippen LogP contribution in [0.25, 0.3) is 0 Å². The highest BCUT2D eigenvalue weighted by atomic mass is 127. The molecule has 74 valence electrons. The Labute approximate surface area is 88.1 Å². The molecule has 0 aromatic carbocycles. The van der Waals surface area contributed by atoms with Gasteiger partial charge in [-0.1, -0.05) is 20.8 Å². The average molecular weight is 288 g/mol. The summed E-state index contributed by atoms with van der Waals surface area (Å²) in [5.74, 6) is 0. The van der Waals surface area contributed by atoms with Crippen LogP contribution < -0.4 is 0 Å². The summed E-state index contributed by atoms with van der Waals surface area (Å²) in [5.41, 5.74) is 0.158.